The van der Waals surface area contributed by atoms with E-state index in [0.29, 0.717) is 17.8 Å². The van der Waals surface area contributed by atoms with E-state index in [4.69, 9.17) is 0 Å². The van der Waals surface area contributed by atoms with Crippen LogP contribution in [0.2, 0.25) is 0 Å². The molecule has 0 aliphatic rings. The highest BCUT2D eigenvalue weighted by molar-refractivity contribution is 9.10. The van der Waals surface area contributed by atoms with Crippen LogP contribution < -0.4 is 5.32 Å². The van der Waals surface area contributed by atoms with Crippen molar-refractivity contribution in [3.8, 4) is 0 Å². The van der Waals surface area contributed by atoms with Gasteiger partial charge in [0.15, 0.2) is 0 Å². The molecule has 0 aliphatic heterocycles. The summed E-state index contributed by atoms with van der Waals surface area (Å²) in [5, 5.41) is 3.48. The Labute approximate surface area is 132 Å². The molecule has 1 aromatic rings. The number of hydrogen-bond donors (Lipinski definition) is 1. The fourth-order valence-corrected chi connectivity index (χ4v) is 2.69. The molecule has 3 nitrogen and oxygen atoms in total. The van der Waals surface area contributed by atoms with Gasteiger partial charge < -0.3 is 5.32 Å². The molecule has 20 heavy (non-hydrogen) atoms. The molecular formula is C16H28BrN3. The Morgan fingerprint density at radius 3 is 2.10 bits per heavy atom. The van der Waals surface area contributed by atoms with Gasteiger partial charge in [-0.3, -0.25) is 0 Å². The molecule has 1 N–H and O–H groups in total. The van der Waals surface area contributed by atoms with Gasteiger partial charge in [-0.05, 0) is 33.7 Å². The van der Waals surface area contributed by atoms with Gasteiger partial charge in [0.25, 0.3) is 0 Å². The van der Waals surface area contributed by atoms with Gasteiger partial charge in [0, 0.05) is 18.0 Å². The second kappa shape index (κ2) is 6.88. The third-order valence-electron chi connectivity index (χ3n) is 3.60. The fourth-order valence-electron chi connectivity index (χ4n) is 2.31. The van der Waals surface area contributed by atoms with Crippen molar-refractivity contribution >= 4 is 21.7 Å². The molecule has 4 heteroatoms. The van der Waals surface area contributed by atoms with E-state index >= 15 is 0 Å². The quantitative estimate of drug-likeness (QED) is 0.775. The summed E-state index contributed by atoms with van der Waals surface area (Å²) in [7, 11) is 0. The van der Waals surface area contributed by atoms with Crippen LogP contribution in [-0.2, 0) is 5.41 Å². The first kappa shape index (κ1) is 17.4. The lowest BCUT2D eigenvalue weighted by atomic mass is 9.85. The van der Waals surface area contributed by atoms with Gasteiger partial charge in [-0.2, -0.15) is 0 Å². The van der Waals surface area contributed by atoms with Crippen LogP contribution in [-0.4, -0.2) is 16.5 Å². The van der Waals surface area contributed by atoms with Gasteiger partial charge in [0.1, 0.15) is 16.2 Å². The normalized spacial score (nSPS) is 12.6. The van der Waals surface area contributed by atoms with Crippen LogP contribution >= 0.6 is 15.9 Å². The third-order valence-corrected chi connectivity index (χ3v) is 4.00. The average Bonchev–Trinajstić information content (AvgIpc) is 2.26. The van der Waals surface area contributed by atoms with E-state index in [-0.39, 0.29) is 5.41 Å². The Kier molecular flexibility index (Phi) is 5.99. The highest BCUT2D eigenvalue weighted by atomic mass is 79.9. The summed E-state index contributed by atoms with van der Waals surface area (Å²) in [6, 6.07) is 1.95. The third kappa shape index (κ3) is 5.04. The maximum Gasteiger partial charge on any atom is 0.137 e. The minimum atomic E-state index is -0.0459. The van der Waals surface area contributed by atoms with Crippen molar-refractivity contribution in [3.63, 3.8) is 0 Å². The van der Waals surface area contributed by atoms with E-state index < -0.39 is 0 Å². The molecule has 0 aromatic carbocycles. The predicted octanol–water partition coefficient (Wildman–Crippen LogP) is 4.88. The molecule has 0 spiro atoms. The van der Waals surface area contributed by atoms with Gasteiger partial charge in [-0.15, -0.1) is 0 Å². The molecule has 0 fully saturated rings. The molecule has 0 atom stereocenters. The molecule has 0 radical (unpaired) electrons. The number of hydrogen-bond acceptors (Lipinski definition) is 3. The molecule has 1 aromatic heterocycles. The van der Waals surface area contributed by atoms with Gasteiger partial charge >= 0.3 is 0 Å². The summed E-state index contributed by atoms with van der Waals surface area (Å²) >= 11 is 3.48. The Balaban J connectivity index is 2.85. The first-order valence-electron chi connectivity index (χ1n) is 7.40. The van der Waals surface area contributed by atoms with E-state index in [0.717, 1.165) is 22.8 Å². The van der Waals surface area contributed by atoms with Crippen LogP contribution in [0.3, 0.4) is 0 Å². The molecular weight excluding hydrogens is 314 g/mol. The Morgan fingerprint density at radius 2 is 1.65 bits per heavy atom. The Bertz CT molecular complexity index is 428. The average molecular weight is 342 g/mol. The summed E-state index contributed by atoms with van der Waals surface area (Å²) in [5.41, 5.74) is -0.0459. The molecule has 0 bridgehead atoms. The number of aromatic nitrogens is 2. The van der Waals surface area contributed by atoms with Crippen molar-refractivity contribution in [2.45, 2.75) is 53.9 Å². The smallest absolute Gasteiger partial charge is 0.137 e. The zero-order valence-electron chi connectivity index (χ0n) is 13.8. The zero-order valence-corrected chi connectivity index (χ0v) is 15.4. The van der Waals surface area contributed by atoms with Crippen LogP contribution in [0.15, 0.2) is 10.7 Å². The molecule has 1 heterocycles. The van der Waals surface area contributed by atoms with Crippen molar-refractivity contribution in [1.29, 1.82) is 0 Å². The van der Waals surface area contributed by atoms with Crippen LogP contribution in [0, 0.1) is 17.8 Å². The summed E-state index contributed by atoms with van der Waals surface area (Å²) < 4.78 is 0.838. The van der Waals surface area contributed by atoms with Crippen LogP contribution in [0.4, 0.5) is 5.82 Å². The molecule has 0 saturated heterocycles. The first-order valence-corrected chi connectivity index (χ1v) is 8.19. The van der Waals surface area contributed by atoms with Crippen molar-refractivity contribution in [2.24, 2.45) is 17.8 Å². The van der Waals surface area contributed by atoms with Crippen LogP contribution in [0.1, 0.15) is 54.3 Å². The molecule has 0 unspecified atom stereocenters. The lowest BCUT2D eigenvalue weighted by Crippen LogP contribution is -2.25. The highest BCUT2D eigenvalue weighted by Gasteiger charge is 2.20. The van der Waals surface area contributed by atoms with Gasteiger partial charge in [0.05, 0.1) is 0 Å². The maximum atomic E-state index is 4.64. The number of halogens is 1. The Hall–Kier alpha value is -0.640. The lowest BCUT2D eigenvalue weighted by molar-refractivity contribution is 0.304. The van der Waals surface area contributed by atoms with Gasteiger partial charge in [-0.1, -0.05) is 48.5 Å². The SMILES string of the molecule is CC(C)C(CNc1cc(Br)nc(C(C)(C)C)n1)C(C)C. The van der Waals surface area contributed by atoms with E-state index in [1.807, 2.05) is 6.07 Å². The largest absolute Gasteiger partial charge is 0.370 e. The first-order chi connectivity index (χ1) is 9.11. The van der Waals surface area contributed by atoms with E-state index in [9.17, 15) is 0 Å². The topological polar surface area (TPSA) is 37.8 Å². The predicted molar refractivity (Wildman–Crippen MR) is 90.1 cm³/mol. The highest BCUT2D eigenvalue weighted by Crippen LogP contribution is 2.24. The van der Waals surface area contributed by atoms with Crippen LogP contribution in [0.5, 0.6) is 0 Å². The molecule has 0 amide bonds. The Morgan fingerprint density at radius 1 is 1.10 bits per heavy atom. The molecule has 1 rings (SSSR count). The molecule has 0 saturated carbocycles. The van der Waals surface area contributed by atoms with Crippen molar-refractivity contribution in [2.75, 3.05) is 11.9 Å². The minimum Gasteiger partial charge on any atom is -0.370 e. The number of nitrogens with zero attached hydrogens (tertiary/aromatic N) is 2. The minimum absolute atomic E-state index is 0.0459. The summed E-state index contributed by atoms with van der Waals surface area (Å²) in [4.78, 5) is 9.11. The summed E-state index contributed by atoms with van der Waals surface area (Å²) in [5.74, 6) is 3.73. The van der Waals surface area contributed by atoms with E-state index in [2.05, 4.69) is 79.7 Å². The monoisotopic (exact) mass is 341 g/mol. The van der Waals surface area contributed by atoms with Gasteiger partial charge in [-0.25, -0.2) is 9.97 Å². The second-order valence-corrected chi connectivity index (χ2v) is 7.99. The van der Waals surface area contributed by atoms with Crippen LogP contribution in [0.25, 0.3) is 0 Å². The molecule has 0 aliphatic carbocycles. The van der Waals surface area contributed by atoms with Crippen molar-refractivity contribution in [1.82, 2.24) is 9.97 Å². The van der Waals surface area contributed by atoms with E-state index in [1.165, 1.54) is 0 Å². The summed E-state index contributed by atoms with van der Waals surface area (Å²) in [6.45, 7) is 16.5. The second-order valence-electron chi connectivity index (χ2n) is 7.18. The zero-order chi connectivity index (χ0) is 15.5. The number of anilines is 1. The lowest BCUT2D eigenvalue weighted by Gasteiger charge is -2.25. The van der Waals surface area contributed by atoms with Gasteiger partial charge in [0.2, 0.25) is 0 Å². The van der Waals surface area contributed by atoms with Crippen molar-refractivity contribution in [3.05, 3.63) is 16.5 Å². The number of nitrogens with one attached hydrogen (secondary N) is 1. The fraction of sp³-hybridized carbons (Fsp3) is 0.750. The maximum absolute atomic E-state index is 4.64. The molecule has 114 valence electrons. The van der Waals surface area contributed by atoms with Crippen molar-refractivity contribution < 1.29 is 0 Å². The standard InChI is InChI=1S/C16H28BrN3/c1-10(2)12(11(3)4)9-18-14-8-13(17)19-15(20-14)16(5,6)7/h8,10-12H,9H2,1-7H3,(H,18,19,20). The summed E-state index contributed by atoms with van der Waals surface area (Å²) in [6.07, 6.45) is 0. The number of rotatable bonds is 5. The van der Waals surface area contributed by atoms with E-state index in [1.54, 1.807) is 0 Å².